The first-order valence-corrected chi connectivity index (χ1v) is 12.0. The van der Waals surface area contributed by atoms with Gasteiger partial charge in [0.25, 0.3) is 0 Å². The van der Waals surface area contributed by atoms with Crippen LogP contribution in [0.25, 0.3) is 0 Å². The van der Waals surface area contributed by atoms with Crippen molar-refractivity contribution in [2.45, 2.75) is 77.6 Å². The molecule has 0 aromatic rings. The summed E-state index contributed by atoms with van der Waals surface area (Å²) in [5.74, 6) is 0. The van der Waals surface area contributed by atoms with E-state index in [4.69, 9.17) is 0 Å². The van der Waals surface area contributed by atoms with Crippen molar-refractivity contribution in [1.29, 1.82) is 0 Å². The lowest BCUT2D eigenvalue weighted by Gasteiger charge is -2.16. The first-order chi connectivity index (χ1) is 8.45. The van der Waals surface area contributed by atoms with Crippen molar-refractivity contribution in [3.05, 3.63) is 0 Å². The van der Waals surface area contributed by atoms with E-state index in [1.165, 1.54) is 0 Å². The van der Waals surface area contributed by atoms with Gasteiger partial charge >= 0.3 is 16.8 Å². The molecule has 0 bridgehead atoms. The van der Waals surface area contributed by atoms with Crippen LogP contribution in [0.4, 0.5) is 8.22 Å². The van der Waals surface area contributed by atoms with Gasteiger partial charge < -0.3 is 0 Å². The zero-order chi connectivity index (χ0) is 14.1. The first kappa shape index (κ1) is 17.9. The van der Waals surface area contributed by atoms with Crippen molar-refractivity contribution in [3.8, 4) is 11.1 Å². The fourth-order valence-electron chi connectivity index (χ4n) is 1.79. The molecule has 0 spiro atoms. The predicted octanol–water partition coefficient (Wildman–Crippen LogP) is 5.54. The summed E-state index contributed by atoms with van der Waals surface area (Å²) in [5, 5.41) is 0. The average Bonchev–Trinajstić information content (AvgIpc) is 2.40. The van der Waals surface area contributed by atoms with Crippen molar-refractivity contribution in [1.82, 2.24) is 0 Å². The maximum absolute atomic E-state index is 14.5. The van der Waals surface area contributed by atoms with E-state index >= 15 is 0 Å². The van der Waals surface area contributed by atoms with Crippen molar-refractivity contribution >= 4 is 16.8 Å². The van der Waals surface area contributed by atoms with Crippen molar-refractivity contribution in [2.75, 3.05) is 0 Å². The van der Waals surface area contributed by atoms with E-state index < -0.39 is 16.8 Å². The van der Waals surface area contributed by atoms with Gasteiger partial charge in [0.2, 0.25) is 0 Å². The summed E-state index contributed by atoms with van der Waals surface area (Å²) in [4.78, 5) is 0. The second kappa shape index (κ2) is 8.87. The van der Waals surface area contributed by atoms with Gasteiger partial charge in [-0.1, -0.05) is 64.5 Å². The lowest BCUT2D eigenvalue weighted by atomic mass is 10.4. The molecule has 0 radical (unpaired) electrons. The van der Waals surface area contributed by atoms with Crippen molar-refractivity contribution < 1.29 is 8.22 Å². The normalized spacial score (nSPS) is 17.4. The van der Waals surface area contributed by atoms with E-state index in [-0.39, 0.29) is 0 Å². The Hall–Kier alpha value is -0.146. The molecule has 0 saturated carbocycles. The van der Waals surface area contributed by atoms with Crippen LogP contribution in [0, 0.1) is 11.1 Å². The third kappa shape index (κ3) is 6.70. The number of unbranched alkanes of at least 4 members (excludes halogenated alkanes) is 2. The van der Waals surface area contributed by atoms with Gasteiger partial charge in [0.15, 0.2) is 0 Å². The lowest BCUT2D eigenvalue weighted by Crippen LogP contribution is -2.30. The van der Waals surface area contributed by atoms with Crippen LogP contribution >= 0.6 is 0 Å². The number of hydrogen-bond acceptors (Lipinski definition) is 0. The Kier molecular flexibility index (Phi) is 8.80. The molecule has 0 aromatic heterocycles. The molecular formula is C14H28F2Si2. The van der Waals surface area contributed by atoms with Crippen LogP contribution in [-0.4, -0.2) is 16.8 Å². The second-order valence-electron chi connectivity index (χ2n) is 5.09. The van der Waals surface area contributed by atoms with Crippen LogP contribution in [0.2, 0.25) is 24.2 Å². The summed E-state index contributed by atoms with van der Waals surface area (Å²) < 4.78 is 29.0. The molecule has 106 valence electrons. The quantitative estimate of drug-likeness (QED) is 0.313. The molecule has 0 aromatic carbocycles. The zero-order valence-corrected chi connectivity index (χ0v) is 14.4. The maximum Gasteiger partial charge on any atom is 0.322 e. The molecule has 0 N–H and O–H groups in total. The Labute approximate surface area is 114 Å². The fraction of sp³-hybridized carbons (Fsp3) is 0.857. The van der Waals surface area contributed by atoms with E-state index in [0.717, 1.165) is 25.7 Å². The Bertz CT molecular complexity index is 259. The van der Waals surface area contributed by atoms with Crippen molar-refractivity contribution in [3.63, 3.8) is 0 Å². The molecule has 0 fully saturated rings. The van der Waals surface area contributed by atoms with Crippen molar-refractivity contribution in [2.24, 2.45) is 0 Å². The van der Waals surface area contributed by atoms with Gasteiger partial charge in [-0.05, 0) is 24.2 Å². The van der Waals surface area contributed by atoms with Gasteiger partial charge in [0, 0.05) is 0 Å². The highest BCUT2D eigenvalue weighted by molar-refractivity contribution is 6.86. The molecule has 0 heterocycles. The molecule has 0 rings (SSSR count). The minimum atomic E-state index is -2.98. The van der Waals surface area contributed by atoms with Crippen LogP contribution in [0.5, 0.6) is 0 Å². The third-order valence-corrected chi connectivity index (χ3v) is 9.41. The predicted molar refractivity (Wildman–Crippen MR) is 81.9 cm³/mol. The number of rotatable bonds is 8. The van der Waals surface area contributed by atoms with Gasteiger partial charge in [-0.2, -0.15) is 0 Å². The Morgan fingerprint density at radius 1 is 0.722 bits per heavy atom. The van der Waals surface area contributed by atoms with E-state index in [0.29, 0.717) is 24.2 Å². The first-order valence-electron chi connectivity index (χ1n) is 7.37. The summed E-state index contributed by atoms with van der Waals surface area (Å²) in [7, 11) is -5.95. The molecule has 0 saturated heterocycles. The minimum absolute atomic E-state index is 0.502. The molecule has 0 aliphatic heterocycles. The Balaban J connectivity index is 4.73. The summed E-state index contributed by atoms with van der Waals surface area (Å²) >= 11 is 0. The van der Waals surface area contributed by atoms with E-state index in [1.54, 1.807) is 0 Å². The van der Waals surface area contributed by atoms with E-state index in [1.807, 2.05) is 13.8 Å². The Morgan fingerprint density at radius 2 is 1.06 bits per heavy atom. The molecule has 0 amide bonds. The number of hydrogen-bond donors (Lipinski definition) is 0. The van der Waals surface area contributed by atoms with Crippen LogP contribution in [-0.2, 0) is 0 Å². The average molecular weight is 291 g/mol. The number of halogens is 2. The lowest BCUT2D eigenvalue weighted by molar-refractivity contribution is 0.743. The second-order valence-corrected chi connectivity index (χ2v) is 11.9. The van der Waals surface area contributed by atoms with Crippen LogP contribution < -0.4 is 0 Å². The van der Waals surface area contributed by atoms with Gasteiger partial charge in [0.05, 0.1) is 0 Å². The van der Waals surface area contributed by atoms with Gasteiger partial charge in [0.1, 0.15) is 0 Å². The highest BCUT2D eigenvalue weighted by Crippen LogP contribution is 2.23. The molecule has 0 nitrogen and oxygen atoms in total. The monoisotopic (exact) mass is 290 g/mol. The largest absolute Gasteiger partial charge is 0.322 e. The van der Waals surface area contributed by atoms with Gasteiger partial charge in [-0.3, -0.25) is 8.22 Å². The maximum atomic E-state index is 14.5. The fourth-order valence-corrected chi connectivity index (χ4v) is 6.72. The highest BCUT2D eigenvalue weighted by Gasteiger charge is 2.33. The smallest absolute Gasteiger partial charge is 0.297 e. The van der Waals surface area contributed by atoms with Gasteiger partial charge in [-0.15, -0.1) is 0 Å². The molecule has 2 unspecified atom stereocenters. The zero-order valence-electron chi connectivity index (χ0n) is 12.4. The molecule has 18 heavy (non-hydrogen) atoms. The summed E-state index contributed by atoms with van der Waals surface area (Å²) in [6.07, 6.45) is 3.74. The third-order valence-electron chi connectivity index (χ3n) is 3.48. The molecule has 0 aliphatic rings. The molecule has 2 atom stereocenters. The minimum Gasteiger partial charge on any atom is -0.297 e. The van der Waals surface area contributed by atoms with E-state index in [9.17, 15) is 8.22 Å². The standard InChI is InChI=1S/C14H28F2Si2/c1-5-9-11-17(15,7-3)13-14-18(16,8-4)12-10-6-2/h5-12H2,1-4H3. The van der Waals surface area contributed by atoms with Crippen LogP contribution in [0.1, 0.15) is 53.4 Å². The Morgan fingerprint density at radius 3 is 1.28 bits per heavy atom. The molecule has 4 heteroatoms. The topological polar surface area (TPSA) is 0 Å². The molecular weight excluding hydrogens is 262 g/mol. The summed E-state index contributed by atoms with van der Waals surface area (Å²) in [6, 6.07) is 2.16. The summed E-state index contributed by atoms with van der Waals surface area (Å²) in [6.45, 7) is 7.82. The summed E-state index contributed by atoms with van der Waals surface area (Å²) in [5.41, 5.74) is 5.58. The van der Waals surface area contributed by atoms with E-state index in [2.05, 4.69) is 24.9 Å². The van der Waals surface area contributed by atoms with Crippen LogP contribution in [0.15, 0.2) is 0 Å². The van der Waals surface area contributed by atoms with Gasteiger partial charge in [-0.25, -0.2) is 0 Å². The SMILES string of the molecule is CCCC[Si](F)(C#C[Si](F)(CC)CCCC)CC. The van der Waals surface area contributed by atoms with Crippen LogP contribution in [0.3, 0.4) is 0 Å². The highest BCUT2D eigenvalue weighted by atomic mass is 28.4. The molecule has 0 aliphatic carbocycles.